The zero-order valence-corrected chi connectivity index (χ0v) is 26.7. The zero-order chi connectivity index (χ0) is 30.2. The normalized spacial score (nSPS) is 28.2. The molecule has 0 unspecified atom stereocenters. The van der Waals surface area contributed by atoms with Crippen LogP contribution in [-0.4, -0.2) is 65.1 Å². The van der Waals surface area contributed by atoms with Gasteiger partial charge in [-0.2, -0.15) is 0 Å². The number of aliphatic hydroxyl groups is 2. The highest BCUT2D eigenvalue weighted by molar-refractivity contribution is 5.90. The Bertz CT molecular complexity index is 775. The van der Waals surface area contributed by atoms with E-state index in [1.54, 1.807) is 13.0 Å². The Kier molecular flexibility index (Phi) is 17.0. The highest BCUT2D eigenvalue weighted by Crippen LogP contribution is 2.34. The number of cyclic esters (lactones) is 1. The number of halogens is 1. The maximum atomic E-state index is 14.2. The van der Waals surface area contributed by atoms with Crippen LogP contribution in [0, 0.1) is 0 Å². The second kappa shape index (κ2) is 20.1. The fourth-order valence-electron chi connectivity index (χ4n) is 6.90. The van der Waals surface area contributed by atoms with E-state index in [1.165, 1.54) is 44.9 Å². The van der Waals surface area contributed by atoms with Gasteiger partial charge in [0.1, 0.15) is 12.3 Å². The summed E-state index contributed by atoms with van der Waals surface area (Å²) in [6.07, 6.45) is 21.6. The molecule has 3 aliphatic heterocycles. The summed E-state index contributed by atoms with van der Waals surface area (Å²) in [6, 6.07) is 0. The number of carbonyl (C=O) groups excluding carboxylic acids is 1. The molecule has 8 atom stereocenters. The molecule has 0 amide bonds. The van der Waals surface area contributed by atoms with E-state index in [0.717, 1.165) is 83.5 Å². The molecule has 7 heteroatoms. The smallest absolute Gasteiger partial charge is 0.334 e. The molecule has 0 saturated carbocycles. The van der Waals surface area contributed by atoms with Gasteiger partial charge in [-0.05, 0) is 57.9 Å². The number of ether oxygens (including phenoxy) is 3. The van der Waals surface area contributed by atoms with Crippen LogP contribution in [0.15, 0.2) is 11.6 Å². The molecule has 3 rings (SSSR count). The highest BCUT2D eigenvalue weighted by atomic mass is 18.2. The van der Waals surface area contributed by atoms with Crippen LogP contribution >= 0.6 is 0 Å². The maximum absolute atomic E-state index is 14.2. The van der Waals surface area contributed by atoms with Crippen LogP contribution in [0.3, 0.4) is 0 Å². The van der Waals surface area contributed by atoms with E-state index in [0.29, 0.717) is 12.0 Å². The molecular formula is C35H61FO6. The number of unbranched alkanes of at least 4 members (excludes halogenated alkanes) is 12. The van der Waals surface area contributed by atoms with Crippen molar-refractivity contribution in [3.05, 3.63) is 11.6 Å². The van der Waals surface area contributed by atoms with Crippen molar-refractivity contribution in [3.8, 4) is 0 Å². The Hall–Kier alpha value is -1.02. The van der Waals surface area contributed by atoms with Crippen LogP contribution in [0.4, 0.5) is 4.39 Å². The van der Waals surface area contributed by atoms with Gasteiger partial charge in [-0.3, -0.25) is 0 Å². The Morgan fingerprint density at radius 2 is 1.19 bits per heavy atom. The molecular weight excluding hydrogens is 534 g/mol. The van der Waals surface area contributed by atoms with Crippen LogP contribution in [0.25, 0.3) is 0 Å². The minimum absolute atomic E-state index is 0.0308. The van der Waals surface area contributed by atoms with Crippen molar-refractivity contribution in [2.75, 3.05) is 0 Å². The molecule has 2 saturated heterocycles. The molecule has 3 heterocycles. The predicted octanol–water partition coefficient (Wildman–Crippen LogP) is 8.05. The van der Waals surface area contributed by atoms with Crippen LogP contribution in [0.5, 0.6) is 0 Å². The van der Waals surface area contributed by atoms with Gasteiger partial charge in [0.2, 0.25) is 0 Å². The molecule has 3 aliphatic rings. The van der Waals surface area contributed by atoms with Gasteiger partial charge >= 0.3 is 5.97 Å². The topological polar surface area (TPSA) is 85.2 Å². The number of carbonyl (C=O) groups is 1. The van der Waals surface area contributed by atoms with Crippen molar-refractivity contribution in [2.45, 2.75) is 204 Å². The van der Waals surface area contributed by atoms with E-state index >= 15 is 0 Å². The Balaban J connectivity index is 1.16. The maximum Gasteiger partial charge on any atom is 0.334 e. The van der Waals surface area contributed by atoms with Gasteiger partial charge in [-0.15, -0.1) is 0 Å². The second-order valence-electron chi connectivity index (χ2n) is 13.3. The molecule has 0 aromatic rings. The van der Waals surface area contributed by atoms with Gasteiger partial charge < -0.3 is 24.4 Å². The fraction of sp³-hybridized carbons (Fsp3) is 0.914. The van der Waals surface area contributed by atoms with E-state index in [4.69, 9.17) is 14.2 Å². The zero-order valence-electron chi connectivity index (χ0n) is 26.7. The first kappa shape index (κ1) is 35.5. The largest absolute Gasteiger partial charge is 0.455 e. The molecule has 0 radical (unpaired) electrons. The number of rotatable bonds is 23. The van der Waals surface area contributed by atoms with Crippen LogP contribution in [-0.2, 0) is 19.0 Å². The van der Waals surface area contributed by atoms with Gasteiger partial charge in [0.25, 0.3) is 0 Å². The SMILES string of the molecule is CCCCCCCCCC[C@@H](O)[C@H]1CC[C@H]([C@H]2CC[C@H]([C@H](O)CCCCCCCC[C@@H]([18F])CC3=C[C@H](C)OC3=O)O2)O1. The molecule has 0 aromatic carbocycles. The van der Waals surface area contributed by atoms with Gasteiger partial charge in [0.05, 0.1) is 36.6 Å². The lowest BCUT2D eigenvalue weighted by Crippen LogP contribution is -2.33. The standard InChI is InChI=1S/C35H61FO6/c1-3-4-5-6-7-8-12-15-18-29(37)31-20-22-33(41-31)34-23-21-32(42-34)30(38)19-16-13-10-9-11-14-17-28(36)25-27-24-26(2)40-35(27)39/h24,26,28-34,37-38H,3-23,25H2,1-2H3/t26-,28+,29+,30+,31+,32+,33+,34+/m0/s1/i36-1. The second-order valence-corrected chi connectivity index (χ2v) is 13.3. The summed E-state index contributed by atoms with van der Waals surface area (Å²) >= 11 is 0. The van der Waals surface area contributed by atoms with Crippen molar-refractivity contribution in [1.82, 2.24) is 0 Å². The first-order chi connectivity index (χ1) is 20.4. The van der Waals surface area contributed by atoms with Crippen molar-refractivity contribution in [1.29, 1.82) is 0 Å². The molecule has 0 bridgehead atoms. The van der Waals surface area contributed by atoms with Gasteiger partial charge in [0, 0.05) is 12.0 Å². The van der Waals surface area contributed by atoms with E-state index in [-0.39, 0.29) is 49.0 Å². The molecule has 42 heavy (non-hydrogen) atoms. The lowest BCUT2D eigenvalue weighted by Gasteiger charge is -2.24. The fourth-order valence-corrected chi connectivity index (χ4v) is 6.90. The van der Waals surface area contributed by atoms with Gasteiger partial charge in [0.15, 0.2) is 0 Å². The number of esters is 1. The summed E-state index contributed by atoms with van der Waals surface area (Å²) in [4.78, 5) is 11.6. The Morgan fingerprint density at radius 3 is 1.64 bits per heavy atom. The molecule has 2 fully saturated rings. The molecule has 244 valence electrons. The predicted molar refractivity (Wildman–Crippen MR) is 165 cm³/mol. The average molecular weight is 596 g/mol. The van der Waals surface area contributed by atoms with Crippen LogP contribution in [0.2, 0.25) is 0 Å². The van der Waals surface area contributed by atoms with E-state index < -0.39 is 12.3 Å². The summed E-state index contributed by atoms with van der Waals surface area (Å²) in [7, 11) is 0. The van der Waals surface area contributed by atoms with Crippen molar-refractivity contribution >= 4 is 5.97 Å². The third kappa shape index (κ3) is 12.9. The summed E-state index contributed by atoms with van der Waals surface area (Å²) in [5.41, 5.74) is 0.481. The van der Waals surface area contributed by atoms with E-state index in [9.17, 15) is 19.4 Å². The molecule has 2 N–H and O–H groups in total. The molecule has 0 aromatic heterocycles. The number of alkyl halides is 1. The summed E-state index contributed by atoms with van der Waals surface area (Å²) in [5, 5.41) is 21.4. The quantitative estimate of drug-likeness (QED) is 0.0918. The van der Waals surface area contributed by atoms with Gasteiger partial charge in [-0.25, -0.2) is 9.18 Å². The number of aliphatic hydroxyl groups excluding tert-OH is 2. The third-order valence-electron chi connectivity index (χ3n) is 9.50. The number of hydrogen-bond acceptors (Lipinski definition) is 6. The first-order valence-electron chi connectivity index (χ1n) is 17.6. The van der Waals surface area contributed by atoms with Crippen molar-refractivity contribution < 1.29 is 33.6 Å². The summed E-state index contributed by atoms with van der Waals surface area (Å²) in [6.45, 7) is 4.04. The van der Waals surface area contributed by atoms with E-state index in [1.807, 2.05) is 0 Å². The van der Waals surface area contributed by atoms with Crippen LogP contribution < -0.4 is 0 Å². The third-order valence-corrected chi connectivity index (χ3v) is 9.50. The lowest BCUT2D eigenvalue weighted by atomic mass is 10.00. The van der Waals surface area contributed by atoms with Crippen LogP contribution in [0.1, 0.15) is 155 Å². The minimum Gasteiger partial charge on any atom is -0.455 e. The van der Waals surface area contributed by atoms with Gasteiger partial charge in [-0.1, -0.05) is 96.8 Å². The average Bonchev–Trinajstić information content (AvgIpc) is 3.72. The first-order valence-corrected chi connectivity index (χ1v) is 17.6. The van der Waals surface area contributed by atoms with Crippen molar-refractivity contribution in [3.63, 3.8) is 0 Å². The summed E-state index contributed by atoms with van der Waals surface area (Å²) < 4.78 is 31.7. The van der Waals surface area contributed by atoms with E-state index in [2.05, 4.69) is 6.92 Å². The lowest BCUT2D eigenvalue weighted by molar-refractivity contribution is -0.139. The van der Waals surface area contributed by atoms with Crippen molar-refractivity contribution in [2.24, 2.45) is 0 Å². The minimum atomic E-state index is -0.982. The Labute approximate surface area is 255 Å². The molecule has 6 nitrogen and oxygen atoms in total. The molecule has 0 spiro atoms. The Morgan fingerprint density at radius 1 is 0.738 bits per heavy atom. The highest BCUT2D eigenvalue weighted by Gasteiger charge is 2.40. The molecule has 0 aliphatic carbocycles. The monoisotopic (exact) mass is 595 g/mol. The summed E-state index contributed by atoms with van der Waals surface area (Å²) in [5.74, 6) is -0.370. The number of hydrogen-bond donors (Lipinski definition) is 2.